The summed E-state index contributed by atoms with van der Waals surface area (Å²) in [5.41, 5.74) is 3.55. The van der Waals surface area contributed by atoms with Gasteiger partial charge >= 0.3 is 0 Å². The predicted octanol–water partition coefficient (Wildman–Crippen LogP) is 3.72. The van der Waals surface area contributed by atoms with Crippen molar-refractivity contribution in [1.29, 1.82) is 0 Å². The highest BCUT2D eigenvalue weighted by Gasteiger charge is 2.28. The van der Waals surface area contributed by atoms with Crippen LogP contribution >= 0.6 is 0 Å². The van der Waals surface area contributed by atoms with E-state index in [-0.39, 0.29) is 11.1 Å². The molecule has 3 rings (SSSR count). The largest absolute Gasteiger partial charge is 0.491 e. The highest BCUT2D eigenvalue weighted by atomic mass is 32.2. The van der Waals surface area contributed by atoms with E-state index in [9.17, 15) is 17.6 Å². The second-order valence-corrected chi connectivity index (χ2v) is 9.85. The lowest BCUT2D eigenvalue weighted by atomic mass is 9.99. The summed E-state index contributed by atoms with van der Waals surface area (Å²) in [6, 6.07) is 10.2. The number of nitrogens with one attached hydrogen (secondary N) is 2. The van der Waals surface area contributed by atoms with Gasteiger partial charge in [-0.15, -0.1) is 4.83 Å². The molecular formula is C23H29FN2O5S. The number of hydrogen-bond donors (Lipinski definition) is 2. The number of carbonyl (C=O) groups excluding carboxylic acids is 1. The lowest BCUT2D eigenvalue weighted by Gasteiger charge is -2.22. The van der Waals surface area contributed by atoms with Crippen LogP contribution in [-0.2, 0) is 14.8 Å². The third kappa shape index (κ3) is 6.05. The minimum Gasteiger partial charge on any atom is -0.491 e. The Morgan fingerprint density at radius 2 is 1.84 bits per heavy atom. The van der Waals surface area contributed by atoms with Gasteiger partial charge in [-0.25, -0.2) is 12.8 Å². The number of methoxy groups -OCH3 is 1. The lowest BCUT2D eigenvalue weighted by Crippen LogP contribution is -2.46. The van der Waals surface area contributed by atoms with Gasteiger partial charge < -0.3 is 9.47 Å². The summed E-state index contributed by atoms with van der Waals surface area (Å²) in [7, 11) is -2.13. The Labute approximate surface area is 188 Å². The van der Waals surface area contributed by atoms with E-state index in [1.807, 2.05) is 6.07 Å². The van der Waals surface area contributed by atoms with E-state index in [2.05, 4.69) is 10.3 Å². The van der Waals surface area contributed by atoms with E-state index in [4.69, 9.17) is 9.47 Å². The van der Waals surface area contributed by atoms with E-state index in [0.717, 1.165) is 24.8 Å². The molecule has 1 aliphatic rings. The van der Waals surface area contributed by atoms with Gasteiger partial charge in [-0.1, -0.05) is 31.4 Å². The topological polar surface area (TPSA) is 93.7 Å². The molecule has 2 aromatic carbocycles. The van der Waals surface area contributed by atoms with Crippen molar-refractivity contribution < 1.29 is 27.1 Å². The molecule has 0 aromatic heterocycles. The SMILES string of the molecule is COCCOc1cccc(-c2cc(C)c(F)c(C(=O)NNS(=O)(=O)C3CCCCC3)c2)c1. The van der Waals surface area contributed by atoms with Gasteiger partial charge in [-0.3, -0.25) is 10.2 Å². The summed E-state index contributed by atoms with van der Waals surface area (Å²) in [6.07, 6.45) is 3.79. The fraction of sp³-hybridized carbons (Fsp3) is 0.435. The number of rotatable bonds is 9. The van der Waals surface area contributed by atoms with Crippen molar-refractivity contribution in [2.45, 2.75) is 44.3 Å². The van der Waals surface area contributed by atoms with Gasteiger partial charge in [0, 0.05) is 7.11 Å². The molecule has 174 valence electrons. The summed E-state index contributed by atoms with van der Waals surface area (Å²) < 4.78 is 50.3. The Hall–Kier alpha value is -2.49. The first-order valence-electron chi connectivity index (χ1n) is 10.6. The second-order valence-electron chi connectivity index (χ2n) is 7.88. The van der Waals surface area contributed by atoms with Gasteiger partial charge in [0.25, 0.3) is 5.91 Å². The summed E-state index contributed by atoms with van der Waals surface area (Å²) >= 11 is 0. The average molecular weight is 465 g/mol. The van der Waals surface area contributed by atoms with Crippen LogP contribution in [0.25, 0.3) is 11.1 Å². The van der Waals surface area contributed by atoms with Crippen molar-refractivity contribution >= 4 is 15.9 Å². The number of sulfonamides is 1. The molecule has 0 saturated heterocycles. The number of ether oxygens (including phenoxy) is 2. The van der Waals surface area contributed by atoms with Crippen LogP contribution < -0.4 is 15.0 Å². The maximum absolute atomic E-state index is 14.7. The molecule has 1 aliphatic carbocycles. The normalized spacial score (nSPS) is 14.8. The van der Waals surface area contributed by atoms with Crippen LogP contribution in [0.5, 0.6) is 5.75 Å². The van der Waals surface area contributed by atoms with Gasteiger partial charge in [0.15, 0.2) is 0 Å². The summed E-state index contributed by atoms with van der Waals surface area (Å²) in [5, 5.41) is -0.546. The van der Waals surface area contributed by atoms with Gasteiger partial charge in [-0.05, 0) is 60.7 Å². The molecule has 9 heteroatoms. The van der Waals surface area contributed by atoms with E-state index < -0.39 is 27.0 Å². The Morgan fingerprint density at radius 1 is 1.09 bits per heavy atom. The summed E-state index contributed by atoms with van der Waals surface area (Å²) in [6.45, 7) is 2.39. The quantitative estimate of drug-likeness (QED) is 0.436. The molecular weight excluding hydrogens is 435 g/mol. The number of hydrogen-bond acceptors (Lipinski definition) is 5. The van der Waals surface area contributed by atoms with E-state index in [1.54, 1.807) is 38.3 Å². The first-order valence-corrected chi connectivity index (χ1v) is 12.2. The zero-order valence-electron chi connectivity index (χ0n) is 18.3. The monoisotopic (exact) mass is 464 g/mol. The van der Waals surface area contributed by atoms with E-state index in [0.29, 0.717) is 37.4 Å². The zero-order chi connectivity index (χ0) is 23.1. The molecule has 7 nitrogen and oxygen atoms in total. The highest BCUT2D eigenvalue weighted by molar-refractivity contribution is 7.90. The van der Waals surface area contributed by atoms with Crippen LogP contribution in [0, 0.1) is 12.7 Å². The fourth-order valence-corrected chi connectivity index (χ4v) is 5.11. The van der Waals surface area contributed by atoms with E-state index >= 15 is 0 Å². The van der Waals surface area contributed by atoms with Crippen LogP contribution in [0.1, 0.15) is 48.0 Å². The van der Waals surface area contributed by atoms with Crippen molar-refractivity contribution in [1.82, 2.24) is 10.3 Å². The summed E-state index contributed by atoms with van der Waals surface area (Å²) in [4.78, 5) is 14.8. The number of hydrazine groups is 1. The number of halogens is 1. The smallest absolute Gasteiger partial charge is 0.269 e. The molecule has 1 amide bonds. The minimum absolute atomic E-state index is 0.239. The molecule has 0 aliphatic heterocycles. The Bertz CT molecular complexity index is 1050. The molecule has 0 unspecified atom stereocenters. The molecule has 1 saturated carbocycles. The minimum atomic E-state index is -3.72. The van der Waals surface area contributed by atoms with Crippen LogP contribution in [0.3, 0.4) is 0 Å². The summed E-state index contributed by atoms with van der Waals surface area (Å²) in [5.74, 6) is -0.928. The third-order valence-electron chi connectivity index (χ3n) is 5.52. The molecule has 2 N–H and O–H groups in total. The molecule has 0 bridgehead atoms. The molecule has 0 atom stereocenters. The van der Waals surface area contributed by atoms with Gasteiger partial charge in [0.05, 0.1) is 17.4 Å². The molecule has 0 radical (unpaired) electrons. The molecule has 32 heavy (non-hydrogen) atoms. The number of amides is 1. The van der Waals surface area contributed by atoms with Crippen molar-refractivity contribution in [2.24, 2.45) is 0 Å². The fourth-order valence-electron chi connectivity index (χ4n) is 3.75. The van der Waals surface area contributed by atoms with Crippen molar-refractivity contribution in [3.05, 3.63) is 53.3 Å². The Morgan fingerprint density at radius 3 is 2.56 bits per heavy atom. The maximum atomic E-state index is 14.7. The number of aryl methyl sites for hydroxylation is 1. The van der Waals surface area contributed by atoms with Gasteiger partial charge in [0.1, 0.15) is 18.2 Å². The molecule has 1 fully saturated rings. The van der Waals surface area contributed by atoms with Crippen molar-refractivity contribution in [2.75, 3.05) is 20.3 Å². The Kier molecular flexibility index (Phi) is 8.22. The first kappa shape index (κ1) is 24.2. The van der Waals surface area contributed by atoms with Crippen molar-refractivity contribution in [3.8, 4) is 16.9 Å². The molecule has 0 spiro atoms. The van der Waals surface area contributed by atoms with Crippen LogP contribution in [0.4, 0.5) is 4.39 Å². The van der Waals surface area contributed by atoms with Crippen LogP contribution in [0.15, 0.2) is 36.4 Å². The van der Waals surface area contributed by atoms with Crippen LogP contribution in [-0.4, -0.2) is 39.9 Å². The van der Waals surface area contributed by atoms with Gasteiger partial charge in [0.2, 0.25) is 10.0 Å². The average Bonchev–Trinajstić information content (AvgIpc) is 2.80. The third-order valence-corrected chi connectivity index (χ3v) is 7.26. The van der Waals surface area contributed by atoms with Crippen molar-refractivity contribution in [3.63, 3.8) is 0 Å². The second kappa shape index (κ2) is 10.9. The maximum Gasteiger partial charge on any atom is 0.269 e. The zero-order valence-corrected chi connectivity index (χ0v) is 19.1. The van der Waals surface area contributed by atoms with E-state index in [1.165, 1.54) is 6.07 Å². The lowest BCUT2D eigenvalue weighted by molar-refractivity contribution is 0.0940. The highest BCUT2D eigenvalue weighted by Crippen LogP contribution is 2.28. The first-order chi connectivity index (χ1) is 15.3. The number of benzene rings is 2. The standard InChI is InChI=1S/C23H29FN2O5S/c1-16-13-18(17-7-6-8-19(14-17)31-12-11-30-2)15-21(22(16)24)23(27)25-26-32(28,29)20-9-4-3-5-10-20/h6-8,13-15,20,26H,3-5,9-12H2,1-2H3,(H,25,27). The van der Waals surface area contributed by atoms with Gasteiger partial charge in [-0.2, -0.15) is 0 Å². The predicted molar refractivity (Wildman–Crippen MR) is 120 cm³/mol. The molecule has 0 heterocycles. The molecule has 2 aromatic rings. The Balaban J connectivity index is 1.78. The van der Waals surface area contributed by atoms with Crippen LogP contribution in [0.2, 0.25) is 0 Å². The number of carbonyl (C=O) groups is 1.